The smallest absolute Gasteiger partial charge is 0.416 e. The number of halogens is 5. The molecular formula is C23H25F5N6O3. The minimum Gasteiger partial charge on any atom is -0.444 e. The largest absolute Gasteiger partial charge is 0.444 e. The summed E-state index contributed by atoms with van der Waals surface area (Å²) in [6.07, 6.45) is -7.85. The highest BCUT2D eigenvalue weighted by molar-refractivity contribution is 5.95. The number of piperazine rings is 1. The zero-order chi connectivity index (χ0) is 27.1. The average Bonchev–Trinajstić information content (AvgIpc) is 2.81. The lowest BCUT2D eigenvalue weighted by atomic mass is 9.90. The number of hydrogen-bond acceptors (Lipinski definition) is 7. The molecule has 4 rings (SSSR count). The van der Waals surface area contributed by atoms with Gasteiger partial charge in [-0.3, -0.25) is 4.79 Å². The number of nitrogens with zero attached hydrogens (tertiary/aromatic N) is 5. The number of amides is 2. The molecule has 2 amide bonds. The van der Waals surface area contributed by atoms with Crippen LogP contribution in [-0.2, 0) is 15.7 Å². The van der Waals surface area contributed by atoms with Crippen LogP contribution in [0.5, 0.6) is 0 Å². The zero-order valence-electron chi connectivity index (χ0n) is 20.3. The monoisotopic (exact) mass is 528 g/mol. The van der Waals surface area contributed by atoms with Crippen LogP contribution in [0.4, 0.5) is 38.4 Å². The molecule has 0 saturated carbocycles. The van der Waals surface area contributed by atoms with Crippen LogP contribution in [-0.4, -0.2) is 70.1 Å². The Hall–Kier alpha value is -3.58. The lowest BCUT2D eigenvalue weighted by molar-refractivity contribution is -0.137. The van der Waals surface area contributed by atoms with Gasteiger partial charge in [0.05, 0.1) is 22.9 Å². The molecular weight excluding hydrogens is 503 g/mol. The van der Waals surface area contributed by atoms with Crippen LogP contribution in [0.25, 0.3) is 11.4 Å². The number of nitrogens with one attached hydrogen (secondary N) is 1. The summed E-state index contributed by atoms with van der Waals surface area (Å²) in [5, 5.41) is 2.38. The van der Waals surface area contributed by atoms with E-state index in [0.29, 0.717) is 0 Å². The summed E-state index contributed by atoms with van der Waals surface area (Å²) < 4.78 is 74.5. The van der Waals surface area contributed by atoms with Gasteiger partial charge in [0.25, 0.3) is 0 Å². The number of aromatic nitrogens is 3. The predicted molar refractivity (Wildman–Crippen MR) is 122 cm³/mol. The van der Waals surface area contributed by atoms with E-state index in [-0.39, 0.29) is 54.8 Å². The van der Waals surface area contributed by atoms with Crippen molar-refractivity contribution < 1.29 is 36.3 Å². The van der Waals surface area contributed by atoms with Gasteiger partial charge < -0.3 is 19.9 Å². The number of carbonyl (C=O) groups excluding carboxylic acids is 2. The second-order valence-electron chi connectivity index (χ2n) is 9.73. The van der Waals surface area contributed by atoms with E-state index in [0.717, 1.165) is 18.5 Å². The third-order valence-corrected chi connectivity index (χ3v) is 5.86. The van der Waals surface area contributed by atoms with Crippen molar-refractivity contribution in [2.45, 2.75) is 51.3 Å². The molecule has 0 unspecified atom stereocenters. The zero-order valence-corrected chi connectivity index (χ0v) is 20.3. The van der Waals surface area contributed by atoms with E-state index >= 15 is 0 Å². The Labute approximate surface area is 209 Å². The minimum absolute atomic E-state index is 0.0468. The van der Waals surface area contributed by atoms with Crippen LogP contribution in [0.3, 0.4) is 0 Å². The molecule has 0 aliphatic carbocycles. The summed E-state index contributed by atoms with van der Waals surface area (Å²) >= 11 is 0. The summed E-state index contributed by atoms with van der Waals surface area (Å²) in [6.45, 7) is 5.89. The summed E-state index contributed by atoms with van der Waals surface area (Å²) in [5.41, 5.74) is -2.39. The molecule has 2 aliphatic heterocycles. The normalized spacial score (nSPS) is 18.5. The SMILES string of the molecule is CC(C)(C)OC(=O)N1CCN(c2cc(C(F)(F)F)cc(-c3ncnc4c3[C@@H](C(F)F)CC(=O)N4)n2)CC1. The first-order valence-corrected chi connectivity index (χ1v) is 11.5. The summed E-state index contributed by atoms with van der Waals surface area (Å²) in [4.78, 5) is 39.4. The fourth-order valence-corrected chi connectivity index (χ4v) is 4.16. The van der Waals surface area contributed by atoms with E-state index in [9.17, 15) is 31.5 Å². The van der Waals surface area contributed by atoms with Crippen molar-refractivity contribution in [2.24, 2.45) is 0 Å². The summed E-state index contributed by atoms with van der Waals surface area (Å²) in [5.74, 6) is -2.51. The molecule has 4 heterocycles. The van der Waals surface area contributed by atoms with Gasteiger partial charge in [0.1, 0.15) is 23.6 Å². The molecule has 1 atom stereocenters. The van der Waals surface area contributed by atoms with Gasteiger partial charge in [0.15, 0.2) is 0 Å². The molecule has 1 saturated heterocycles. The van der Waals surface area contributed by atoms with Gasteiger partial charge in [-0.2, -0.15) is 13.2 Å². The Kier molecular flexibility index (Phi) is 6.95. The first kappa shape index (κ1) is 26.5. The van der Waals surface area contributed by atoms with Gasteiger partial charge in [-0.25, -0.2) is 28.5 Å². The van der Waals surface area contributed by atoms with Crippen LogP contribution < -0.4 is 10.2 Å². The molecule has 9 nitrogen and oxygen atoms in total. The quantitative estimate of drug-likeness (QED) is 0.593. The van der Waals surface area contributed by atoms with E-state index in [1.54, 1.807) is 25.7 Å². The molecule has 14 heteroatoms. The molecule has 0 bridgehead atoms. The van der Waals surface area contributed by atoms with Crippen LogP contribution in [0, 0.1) is 0 Å². The van der Waals surface area contributed by atoms with Crippen molar-refractivity contribution in [1.29, 1.82) is 0 Å². The Morgan fingerprint density at radius 1 is 1.11 bits per heavy atom. The minimum atomic E-state index is -4.76. The Morgan fingerprint density at radius 3 is 2.38 bits per heavy atom. The first-order valence-electron chi connectivity index (χ1n) is 11.5. The number of hydrogen-bond donors (Lipinski definition) is 1. The van der Waals surface area contributed by atoms with Crippen LogP contribution in [0.15, 0.2) is 18.5 Å². The number of pyridine rings is 1. The molecule has 200 valence electrons. The number of rotatable bonds is 3. The predicted octanol–water partition coefficient (Wildman–Crippen LogP) is 4.31. The molecule has 37 heavy (non-hydrogen) atoms. The lowest BCUT2D eigenvalue weighted by Crippen LogP contribution is -2.50. The van der Waals surface area contributed by atoms with Gasteiger partial charge in [-0.1, -0.05) is 0 Å². The second kappa shape index (κ2) is 9.71. The first-order chi connectivity index (χ1) is 17.2. The van der Waals surface area contributed by atoms with Crippen LogP contribution >= 0.6 is 0 Å². The van der Waals surface area contributed by atoms with Crippen molar-refractivity contribution in [3.05, 3.63) is 29.6 Å². The molecule has 0 radical (unpaired) electrons. The molecule has 2 aromatic rings. The van der Waals surface area contributed by atoms with E-state index in [1.165, 1.54) is 4.90 Å². The topological polar surface area (TPSA) is 101 Å². The molecule has 2 aliphatic rings. The number of carbonyl (C=O) groups is 2. The maximum atomic E-state index is 13.8. The van der Waals surface area contributed by atoms with Gasteiger partial charge in [-0.05, 0) is 32.9 Å². The number of ether oxygens (including phenoxy) is 1. The van der Waals surface area contributed by atoms with Gasteiger partial charge in [0, 0.05) is 38.2 Å². The number of fused-ring (bicyclic) bond motifs is 1. The highest BCUT2D eigenvalue weighted by Gasteiger charge is 2.38. The van der Waals surface area contributed by atoms with Crippen molar-refractivity contribution in [1.82, 2.24) is 19.9 Å². The highest BCUT2D eigenvalue weighted by Crippen LogP contribution is 2.41. The average molecular weight is 528 g/mol. The van der Waals surface area contributed by atoms with E-state index < -0.39 is 48.1 Å². The van der Waals surface area contributed by atoms with Crippen LogP contribution in [0.1, 0.15) is 44.2 Å². The van der Waals surface area contributed by atoms with Crippen molar-refractivity contribution in [3.8, 4) is 11.4 Å². The third kappa shape index (κ3) is 5.88. The number of alkyl halides is 5. The molecule has 1 N–H and O–H groups in total. The van der Waals surface area contributed by atoms with Crippen molar-refractivity contribution in [2.75, 3.05) is 36.4 Å². The van der Waals surface area contributed by atoms with Crippen molar-refractivity contribution in [3.63, 3.8) is 0 Å². The maximum absolute atomic E-state index is 13.8. The van der Waals surface area contributed by atoms with Crippen molar-refractivity contribution >= 4 is 23.6 Å². The molecule has 1 fully saturated rings. The molecule has 0 spiro atoms. The molecule has 2 aromatic heterocycles. The summed E-state index contributed by atoms with van der Waals surface area (Å²) in [7, 11) is 0. The highest BCUT2D eigenvalue weighted by atomic mass is 19.4. The fraction of sp³-hybridized carbons (Fsp3) is 0.522. The Morgan fingerprint density at radius 2 is 1.78 bits per heavy atom. The maximum Gasteiger partial charge on any atom is 0.416 e. The Bertz CT molecular complexity index is 1190. The number of anilines is 2. The Balaban J connectivity index is 1.70. The summed E-state index contributed by atoms with van der Waals surface area (Å²) in [6, 6.07) is 1.61. The third-order valence-electron chi connectivity index (χ3n) is 5.86. The fourth-order valence-electron chi connectivity index (χ4n) is 4.16. The van der Waals surface area contributed by atoms with E-state index in [1.807, 2.05) is 0 Å². The van der Waals surface area contributed by atoms with E-state index in [4.69, 9.17) is 4.74 Å². The standard InChI is InChI=1S/C23H25F5N6O3/c1-22(2,3)37-21(36)34-6-4-33(5-7-34)15-9-12(23(26,27)28)8-14(31-15)18-17-13(19(24)25)10-16(35)32-20(17)30-11-29-18/h8-9,11,13,19H,4-7,10H2,1-3H3,(H,29,30,32,35)/t13-/m0/s1. The van der Waals surface area contributed by atoms with Gasteiger partial charge in [-0.15, -0.1) is 0 Å². The van der Waals surface area contributed by atoms with Gasteiger partial charge >= 0.3 is 12.3 Å². The van der Waals surface area contributed by atoms with Gasteiger partial charge in [0.2, 0.25) is 12.3 Å². The second-order valence-corrected chi connectivity index (χ2v) is 9.73. The van der Waals surface area contributed by atoms with Crippen LogP contribution in [0.2, 0.25) is 0 Å². The van der Waals surface area contributed by atoms with E-state index in [2.05, 4.69) is 20.3 Å². The molecule has 0 aromatic carbocycles. The lowest BCUT2D eigenvalue weighted by Gasteiger charge is -2.36.